The Balaban J connectivity index is 2.40. The molecular weight excluding hydrogens is 256 g/mol. The maximum absolute atomic E-state index is 11.9. The lowest BCUT2D eigenvalue weighted by atomic mass is 9.89. The van der Waals surface area contributed by atoms with Crippen LogP contribution in [0.4, 0.5) is 4.79 Å². The summed E-state index contributed by atoms with van der Waals surface area (Å²) in [7, 11) is 1.50. The van der Waals surface area contributed by atoms with E-state index in [0.29, 0.717) is 12.0 Å². The summed E-state index contributed by atoms with van der Waals surface area (Å²) in [6.07, 6.45) is 2.18. The molecule has 6 nitrogen and oxygen atoms in total. The van der Waals surface area contributed by atoms with Crippen molar-refractivity contribution in [3.05, 3.63) is 0 Å². The van der Waals surface area contributed by atoms with Crippen LogP contribution in [0.15, 0.2) is 0 Å². The lowest BCUT2D eigenvalue weighted by Gasteiger charge is -2.37. The Kier molecular flexibility index (Phi) is 6.95. The normalized spacial score (nSPS) is 20.2. The lowest BCUT2D eigenvalue weighted by Crippen LogP contribution is -2.52. The van der Waals surface area contributed by atoms with E-state index in [-0.39, 0.29) is 11.9 Å². The molecule has 0 aromatic carbocycles. The van der Waals surface area contributed by atoms with Crippen molar-refractivity contribution in [2.75, 3.05) is 26.7 Å². The number of urea groups is 1. The Morgan fingerprint density at radius 2 is 1.85 bits per heavy atom. The Morgan fingerprint density at radius 3 is 2.35 bits per heavy atom. The van der Waals surface area contributed by atoms with Crippen LogP contribution in [0.3, 0.4) is 0 Å². The molecule has 0 aromatic rings. The Morgan fingerprint density at radius 1 is 1.25 bits per heavy atom. The maximum Gasteiger partial charge on any atom is 0.321 e. The summed E-state index contributed by atoms with van der Waals surface area (Å²) < 4.78 is 0. The molecule has 0 bridgehead atoms. The molecule has 1 heterocycles. The molecule has 1 rings (SSSR count). The van der Waals surface area contributed by atoms with Crippen LogP contribution in [0.5, 0.6) is 0 Å². The number of carbonyl (C=O) groups excluding carboxylic acids is 2. The van der Waals surface area contributed by atoms with Crippen LogP contribution in [0.2, 0.25) is 0 Å². The van der Waals surface area contributed by atoms with E-state index in [0.717, 1.165) is 32.5 Å². The molecule has 116 valence electrons. The summed E-state index contributed by atoms with van der Waals surface area (Å²) in [6, 6.07) is -0.183. The SMILES string of the molecule is CCNC(C)C1CCN(C(C)C(=O)NC(=O)NC)CC1. The second-order valence-electron chi connectivity index (χ2n) is 5.46. The summed E-state index contributed by atoms with van der Waals surface area (Å²) in [6.45, 7) is 9.01. The highest BCUT2D eigenvalue weighted by molar-refractivity contribution is 5.96. The summed E-state index contributed by atoms with van der Waals surface area (Å²) in [4.78, 5) is 25.2. The number of amides is 3. The van der Waals surface area contributed by atoms with Crippen molar-refractivity contribution in [3.8, 4) is 0 Å². The van der Waals surface area contributed by atoms with Gasteiger partial charge in [-0.2, -0.15) is 0 Å². The zero-order valence-electron chi connectivity index (χ0n) is 13.0. The molecule has 0 aliphatic carbocycles. The zero-order chi connectivity index (χ0) is 15.1. The van der Waals surface area contributed by atoms with Crippen LogP contribution < -0.4 is 16.0 Å². The average molecular weight is 284 g/mol. The number of likely N-dealkylation sites (tertiary alicyclic amines) is 1. The monoisotopic (exact) mass is 284 g/mol. The zero-order valence-corrected chi connectivity index (χ0v) is 13.0. The van der Waals surface area contributed by atoms with Gasteiger partial charge in [-0.25, -0.2) is 4.79 Å². The van der Waals surface area contributed by atoms with Gasteiger partial charge < -0.3 is 10.6 Å². The number of hydrogen-bond acceptors (Lipinski definition) is 4. The summed E-state index contributed by atoms with van der Waals surface area (Å²) in [5, 5.41) is 8.19. The highest BCUT2D eigenvalue weighted by Gasteiger charge is 2.29. The smallest absolute Gasteiger partial charge is 0.321 e. The Labute approximate surface area is 121 Å². The molecule has 3 N–H and O–H groups in total. The standard InChI is InChI=1S/C14H28N4O2/c1-5-16-10(2)12-6-8-18(9-7-12)11(3)13(19)17-14(20)15-4/h10-12,16H,5-9H2,1-4H3,(H2,15,17,19,20). The van der Waals surface area contributed by atoms with Crippen molar-refractivity contribution in [3.63, 3.8) is 0 Å². The van der Waals surface area contributed by atoms with Gasteiger partial charge in [0.2, 0.25) is 5.91 Å². The first-order valence-corrected chi connectivity index (χ1v) is 7.49. The van der Waals surface area contributed by atoms with Crippen molar-refractivity contribution in [1.29, 1.82) is 0 Å². The molecule has 20 heavy (non-hydrogen) atoms. The second kappa shape index (κ2) is 8.21. The molecule has 2 atom stereocenters. The number of imide groups is 1. The molecule has 6 heteroatoms. The molecule has 0 aromatic heterocycles. The van der Waals surface area contributed by atoms with E-state index in [2.05, 4.69) is 34.7 Å². The predicted octanol–water partition coefficient (Wildman–Crippen LogP) is 0.541. The number of nitrogens with one attached hydrogen (secondary N) is 3. The van der Waals surface area contributed by atoms with Gasteiger partial charge in [0.15, 0.2) is 0 Å². The van der Waals surface area contributed by atoms with Gasteiger partial charge in [-0.3, -0.25) is 15.0 Å². The van der Waals surface area contributed by atoms with Gasteiger partial charge >= 0.3 is 6.03 Å². The van der Waals surface area contributed by atoms with Gasteiger partial charge in [0.1, 0.15) is 0 Å². The van der Waals surface area contributed by atoms with Crippen LogP contribution >= 0.6 is 0 Å². The number of nitrogens with zero attached hydrogens (tertiary/aromatic N) is 1. The molecule has 1 saturated heterocycles. The van der Waals surface area contributed by atoms with E-state index < -0.39 is 6.03 Å². The molecular formula is C14H28N4O2. The minimum absolute atomic E-state index is 0.234. The average Bonchev–Trinajstić information content (AvgIpc) is 2.46. The van der Waals surface area contributed by atoms with Crippen molar-refractivity contribution in [2.24, 2.45) is 5.92 Å². The van der Waals surface area contributed by atoms with E-state index in [1.54, 1.807) is 0 Å². The minimum atomic E-state index is -0.447. The van der Waals surface area contributed by atoms with Gasteiger partial charge in [0, 0.05) is 13.1 Å². The van der Waals surface area contributed by atoms with E-state index in [1.165, 1.54) is 7.05 Å². The summed E-state index contributed by atoms with van der Waals surface area (Å²) in [5.41, 5.74) is 0. The first-order valence-electron chi connectivity index (χ1n) is 7.49. The third kappa shape index (κ3) is 4.76. The summed E-state index contributed by atoms with van der Waals surface area (Å²) in [5.74, 6) is 0.433. The van der Waals surface area contributed by atoms with E-state index in [1.807, 2.05) is 6.92 Å². The van der Waals surface area contributed by atoms with Gasteiger partial charge in [-0.05, 0) is 52.2 Å². The van der Waals surface area contributed by atoms with Crippen molar-refractivity contribution < 1.29 is 9.59 Å². The molecule has 2 unspecified atom stereocenters. The molecule has 0 spiro atoms. The highest BCUT2D eigenvalue weighted by atomic mass is 16.2. The first kappa shape index (κ1) is 16.9. The third-order valence-corrected chi connectivity index (χ3v) is 4.20. The van der Waals surface area contributed by atoms with Gasteiger partial charge in [0.25, 0.3) is 0 Å². The molecule has 3 amide bonds. The van der Waals surface area contributed by atoms with Gasteiger partial charge in [0.05, 0.1) is 6.04 Å². The number of piperidine rings is 1. The van der Waals surface area contributed by atoms with Crippen LogP contribution in [0.1, 0.15) is 33.6 Å². The molecule has 1 aliphatic rings. The number of rotatable bonds is 5. The van der Waals surface area contributed by atoms with Crippen LogP contribution in [0, 0.1) is 5.92 Å². The van der Waals surface area contributed by atoms with Crippen molar-refractivity contribution in [2.45, 2.75) is 45.7 Å². The van der Waals surface area contributed by atoms with Crippen LogP contribution in [-0.2, 0) is 4.79 Å². The molecule has 1 aliphatic heterocycles. The fraction of sp³-hybridized carbons (Fsp3) is 0.857. The lowest BCUT2D eigenvalue weighted by molar-refractivity contribution is -0.125. The Hall–Kier alpha value is -1.14. The van der Waals surface area contributed by atoms with E-state index in [4.69, 9.17) is 0 Å². The maximum atomic E-state index is 11.9. The first-order chi connectivity index (χ1) is 9.49. The van der Waals surface area contributed by atoms with Gasteiger partial charge in [-0.15, -0.1) is 0 Å². The fourth-order valence-corrected chi connectivity index (χ4v) is 2.74. The quantitative estimate of drug-likeness (QED) is 0.689. The molecule has 0 saturated carbocycles. The highest BCUT2D eigenvalue weighted by Crippen LogP contribution is 2.22. The van der Waals surface area contributed by atoms with Crippen molar-refractivity contribution in [1.82, 2.24) is 20.9 Å². The minimum Gasteiger partial charge on any atom is -0.341 e. The predicted molar refractivity (Wildman–Crippen MR) is 79.5 cm³/mol. The largest absolute Gasteiger partial charge is 0.341 e. The third-order valence-electron chi connectivity index (χ3n) is 4.20. The molecule has 1 fully saturated rings. The Bertz CT molecular complexity index is 327. The fourth-order valence-electron chi connectivity index (χ4n) is 2.74. The topological polar surface area (TPSA) is 73.5 Å². The van der Waals surface area contributed by atoms with E-state index >= 15 is 0 Å². The summed E-state index contributed by atoms with van der Waals surface area (Å²) >= 11 is 0. The van der Waals surface area contributed by atoms with Crippen LogP contribution in [0.25, 0.3) is 0 Å². The second-order valence-corrected chi connectivity index (χ2v) is 5.46. The molecule has 0 radical (unpaired) electrons. The number of hydrogen-bond donors (Lipinski definition) is 3. The van der Waals surface area contributed by atoms with E-state index in [9.17, 15) is 9.59 Å². The van der Waals surface area contributed by atoms with Crippen LogP contribution in [-0.4, -0.2) is 55.6 Å². The van der Waals surface area contributed by atoms with Crippen molar-refractivity contribution >= 4 is 11.9 Å². The van der Waals surface area contributed by atoms with Gasteiger partial charge in [-0.1, -0.05) is 6.92 Å². The number of carbonyl (C=O) groups is 2.